The number of rotatable bonds is 6. The largest absolute Gasteiger partial charge is 0.481 e. The monoisotopic (exact) mass is 275 g/mol. The fourth-order valence-corrected chi connectivity index (χ4v) is 3.09. The second-order valence-corrected chi connectivity index (χ2v) is 5.85. The molecule has 1 aromatic carbocycles. The third-order valence-electron chi connectivity index (χ3n) is 4.47. The molecule has 1 aliphatic carbocycles. The molecule has 0 atom stereocenters. The van der Waals surface area contributed by atoms with Crippen LogP contribution in [-0.4, -0.2) is 17.1 Å². The molecule has 0 unspecified atom stereocenters. The molecule has 1 aliphatic rings. The number of hydrogen-bond donors (Lipinski definition) is 2. The molecule has 3 heteroatoms. The number of aliphatic carboxylic acids is 1. The molecule has 0 spiro atoms. The average Bonchev–Trinajstić information content (AvgIpc) is 2.46. The number of hydrogen-bond acceptors (Lipinski definition) is 2. The standard InChI is InChI=1S/C17H25NO2/c1-2-13-7-9-16(10-8-13)18-12-15-6-4-3-5-14(15)11-17(19)20/h3-6,13,16,18H,2,7-12H2,1H3,(H,19,20). The van der Waals surface area contributed by atoms with Crippen LogP contribution in [0.25, 0.3) is 0 Å². The van der Waals surface area contributed by atoms with E-state index in [1.54, 1.807) is 0 Å². The lowest BCUT2D eigenvalue weighted by Crippen LogP contribution is -2.33. The van der Waals surface area contributed by atoms with Crippen LogP contribution in [0.15, 0.2) is 24.3 Å². The van der Waals surface area contributed by atoms with Gasteiger partial charge in [0, 0.05) is 12.6 Å². The number of benzene rings is 1. The van der Waals surface area contributed by atoms with E-state index >= 15 is 0 Å². The molecule has 20 heavy (non-hydrogen) atoms. The van der Waals surface area contributed by atoms with Crippen molar-refractivity contribution in [1.29, 1.82) is 0 Å². The van der Waals surface area contributed by atoms with E-state index in [-0.39, 0.29) is 6.42 Å². The summed E-state index contributed by atoms with van der Waals surface area (Å²) in [6.07, 6.45) is 6.56. The van der Waals surface area contributed by atoms with Gasteiger partial charge in [-0.25, -0.2) is 0 Å². The van der Waals surface area contributed by atoms with Crippen molar-refractivity contribution in [3.05, 3.63) is 35.4 Å². The molecule has 0 saturated heterocycles. The van der Waals surface area contributed by atoms with Gasteiger partial charge in [0.25, 0.3) is 0 Å². The van der Waals surface area contributed by atoms with Gasteiger partial charge in [0.15, 0.2) is 0 Å². The van der Waals surface area contributed by atoms with E-state index in [2.05, 4.69) is 12.2 Å². The first-order valence-electron chi connectivity index (χ1n) is 7.71. The molecule has 0 aromatic heterocycles. The van der Waals surface area contributed by atoms with Crippen LogP contribution in [0, 0.1) is 5.92 Å². The summed E-state index contributed by atoms with van der Waals surface area (Å²) < 4.78 is 0. The maximum absolute atomic E-state index is 10.9. The summed E-state index contributed by atoms with van der Waals surface area (Å²) >= 11 is 0. The van der Waals surface area contributed by atoms with Crippen molar-refractivity contribution in [2.24, 2.45) is 5.92 Å². The first-order valence-corrected chi connectivity index (χ1v) is 7.71. The van der Waals surface area contributed by atoms with Gasteiger partial charge in [-0.15, -0.1) is 0 Å². The highest BCUT2D eigenvalue weighted by Gasteiger charge is 2.19. The Balaban J connectivity index is 1.86. The molecule has 3 nitrogen and oxygen atoms in total. The quantitative estimate of drug-likeness (QED) is 0.837. The zero-order valence-electron chi connectivity index (χ0n) is 12.3. The Labute approximate surface area is 121 Å². The number of carboxylic acid groups (broad SMARTS) is 1. The molecular formula is C17H25NO2. The highest BCUT2D eigenvalue weighted by Crippen LogP contribution is 2.26. The number of carboxylic acids is 1. The maximum atomic E-state index is 10.9. The summed E-state index contributed by atoms with van der Waals surface area (Å²) in [6, 6.07) is 8.43. The summed E-state index contributed by atoms with van der Waals surface area (Å²) in [5.74, 6) is 0.147. The molecule has 110 valence electrons. The lowest BCUT2D eigenvalue weighted by Gasteiger charge is -2.28. The minimum Gasteiger partial charge on any atom is -0.481 e. The summed E-state index contributed by atoms with van der Waals surface area (Å²) in [7, 11) is 0. The lowest BCUT2D eigenvalue weighted by atomic mass is 9.84. The minimum absolute atomic E-state index is 0.112. The summed E-state index contributed by atoms with van der Waals surface area (Å²) in [4.78, 5) is 10.9. The topological polar surface area (TPSA) is 49.3 Å². The molecule has 1 fully saturated rings. The van der Waals surface area contributed by atoms with Crippen molar-refractivity contribution >= 4 is 5.97 Å². The Kier molecular flexibility index (Phi) is 5.60. The third kappa shape index (κ3) is 4.34. The van der Waals surface area contributed by atoms with Gasteiger partial charge in [-0.2, -0.15) is 0 Å². The van der Waals surface area contributed by atoms with E-state index in [4.69, 9.17) is 5.11 Å². The zero-order valence-corrected chi connectivity index (χ0v) is 12.3. The third-order valence-corrected chi connectivity index (χ3v) is 4.47. The van der Waals surface area contributed by atoms with Crippen molar-refractivity contribution in [3.8, 4) is 0 Å². The zero-order chi connectivity index (χ0) is 14.4. The molecule has 1 aromatic rings. The molecule has 0 bridgehead atoms. The molecule has 2 rings (SSSR count). The van der Waals surface area contributed by atoms with Gasteiger partial charge in [-0.3, -0.25) is 4.79 Å². The molecule has 1 saturated carbocycles. The molecule has 2 N–H and O–H groups in total. The van der Waals surface area contributed by atoms with Gasteiger partial charge >= 0.3 is 5.97 Å². The van der Waals surface area contributed by atoms with Gasteiger partial charge in [-0.05, 0) is 42.7 Å². The van der Waals surface area contributed by atoms with Gasteiger partial charge in [-0.1, -0.05) is 37.6 Å². The van der Waals surface area contributed by atoms with Gasteiger partial charge in [0.05, 0.1) is 6.42 Å². The van der Waals surface area contributed by atoms with Gasteiger partial charge < -0.3 is 10.4 Å². The Morgan fingerprint density at radius 1 is 1.20 bits per heavy atom. The van der Waals surface area contributed by atoms with Gasteiger partial charge in [0.2, 0.25) is 0 Å². The molecule has 0 aliphatic heterocycles. The fourth-order valence-electron chi connectivity index (χ4n) is 3.09. The summed E-state index contributed by atoms with van der Waals surface area (Å²) in [6.45, 7) is 3.06. The Bertz CT molecular complexity index is 436. The first kappa shape index (κ1) is 15.0. The molecule has 0 amide bonds. The Morgan fingerprint density at radius 3 is 2.45 bits per heavy atom. The Morgan fingerprint density at radius 2 is 1.85 bits per heavy atom. The van der Waals surface area contributed by atoms with Crippen LogP contribution in [-0.2, 0) is 17.8 Å². The van der Waals surface area contributed by atoms with Crippen molar-refractivity contribution in [1.82, 2.24) is 5.32 Å². The second kappa shape index (κ2) is 7.44. The van der Waals surface area contributed by atoms with E-state index in [1.807, 2.05) is 24.3 Å². The fraction of sp³-hybridized carbons (Fsp3) is 0.588. The highest BCUT2D eigenvalue weighted by atomic mass is 16.4. The van der Waals surface area contributed by atoms with Gasteiger partial charge in [0.1, 0.15) is 0 Å². The van der Waals surface area contributed by atoms with Crippen LogP contribution >= 0.6 is 0 Å². The molecule has 0 heterocycles. The highest BCUT2D eigenvalue weighted by molar-refractivity contribution is 5.70. The van der Waals surface area contributed by atoms with E-state index in [9.17, 15) is 4.79 Å². The SMILES string of the molecule is CCC1CCC(NCc2ccccc2CC(=O)O)CC1. The van der Waals surface area contributed by atoms with E-state index in [0.29, 0.717) is 6.04 Å². The van der Waals surface area contributed by atoms with Crippen molar-refractivity contribution < 1.29 is 9.90 Å². The molecule has 0 radical (unpaired) electrons. The summed E-state index contributed by atoms with van der Waals surface area (Å²) in [5.41, 5.74) is 2.04. The van der Waals surface area contributed by atoms with E-state index in [0.717, 1.165) is 23.6 Å². The molecular weight excluding hydrogens is 250 g/mol. The van der Waals surface area contributed by atoms with E-state index in [1.165, 1.54) is 32.1 Å². The van der Waals surface area contributed by atoms with Crippen LogP contribution < -0.4 is 5.32 Å². The van der Waals surface area contributed by atoms with Crippen molar-refractivity contribution in [2.75, 3.05) is 0 Å². The minimum atomic E-state index is -0.763. The van der Waals surface area contributed by atoms with Crippen LogP contribution in [0.1, 0.15) is 50.2 Å². The lowest BCUT2D eigenvalue weighted by molar-refractivity contribution is -0.136. The second-order valence-electron chi connectivity index (χ2n) is 5.85. The maximum Gasteiger partial charge on any atom is 0.307 e. The van der Waals surface area contributed by atoms with Crippen molar-refractivity contribution in [2.45, 2.75) is 58.0 Å². The number of nitrogens with one attached hydrogen (secondary N) is 1. The van der Waals surface area contributed by atoms with Crippen LogP contribution in [0.5, 0.6) is 0 Å². The average molecular weight is 275 g/mol. The van der Waals surface area contributed by atoms with Crippen LogP contribution in [0.3, 0.4) is 0 Å². The van der Waals surface area contributed by atoms with E-state index < -0.39 is 5.97 Å². The summed E-state index contributed by atoms with van der Waals surface area (Å²) in [5, 5.41) is 12.5. The van der Waals surface area contributed by atoms with Crippen molar-refractivity contribution in [3.63, 3.8) is 0 Å². The normalized spacial score (nSPS) is 22.6. The predicted octanol–water partition coefficient (Wildman–Crippen LogP) is 3.37. The number of carbonyl (C=O) groups is 1. The van der Waals surface area contributed by atoms with Crippen LogP contribution in [0.4, 0.5) is 0 Å². The first-order chi connectivity index (χ1) is 9.69. The predicted molar refractivity (Wildman–Crippen MR) is 80.7 cm³/mol. The van der Waals surface area contributed by atoms with Crippen LogP contribution in [0.2, 0.25) is 0 Å². The Hall–Kier alpha value is -1.35. The smallest absolute Gasteiger partial charge is 0.307 e.